The fourth-order valence-corrected chi connectivity index (χ4v) is 6.45. The summed E-state index contributed by atoms with van der Waals surface area (Å²) in [5.41, 5.74) is 5.07. The van der Waals surface area contributed by atoms with Crippen LogP contribution in [0.15, 0.2) is 24.3 Å². The molecule has 2 aromatic carbocycles. The summed E-state index contributed by atoms with van der Waals surface area (Å²) in [4.78, 5) is 2.65. The number of rotatable bonds is 5. The summed E-state index contributed by atoms with van der Waals surface area (Å²) in [6, 6.07) is 8.52. The summed E-state index contributed by atoms with van der Waals surface area (Å²) in [6.07, 6.45) is 5.28. The lowest BCUT2D eigenvalue weighted by molar-refractivity contribution is 0.0435. The number of nitrogens with zero attached hydrogens (tertiary/aromatic N) is 1. The molecule has 0 radical (unpaired) electrons. The summed E-state index contributed by atoms with van der Waals surface area (Å²) in [7, 11) is 3.24. The van der Waals surface area contributed by atoms with E-state index in [1.807, 2.05) is 18.2 Å². The van der Waals surface area contributed by atoms with Crippen molar-refractivity contribution >= 4 is 0 Å². The largest absolute Gasteiger partial charge is 0.504 e. The Kier molecular flexibility index (Phi) is 6.14. The van der Waals surface area contributed by atoms with Crippen molar-refractivity contribution in [2.45, 2.75) is 51.1 Å². The van der Waals surface area contributed by atoms with Gasteiger partial charge in [0, 0.05) is 25.2 Å². The number of benzene rings is 2. The van der Waals surface area contributed by atoms with Gasteiger partial charge in [-0.25, -0.2) is 0 Å². The molecule has 3 aliphatic heterocycles. The molecule has 1 fully saturated rings. The Morgan fingerprint density at radius 1 is 0.939 bits per heavy atom. The minimum atomic E-state index is 0.229. The Bertz CT molecular complexity index is 1020. The van der Waals surface area contributed by atoms with E-state index in [2.05, 4.69) is 23.2 Å². The van der Waals surface area contributed by atoms with Crippen molar-refractivity contribution in [1.82, 2.24) is 10.2 Å². The van der Waals surface area contributed by atoms with Gasteiger partial charge in [0.15, 0.2) is 23.0 Å². The molecule has 0 saturated carbocycles. The molecule has 2 unspecified atom stereocenters. The van der Waals surface area contributed by atoms with E-state index in [1.165, 1.54) is 28.7 Å². The van der Waals surface area contributed by atoms with Gasteiger partial charge in [0.2, 0.25) is 0 Å². The highest BCUT2D eigenvalue weighted by Crippen LogP contribution is 2.47. The second-order valence-electron chi connectivity index (χ2n) is 9.86. The third-order valence-electron chi connectivity index (χ3n) is 8.23. The average Bonchev–Trinajstić information content (AvgIpc) is 2.82. The molecule has 178 valence electrons. The van der Waals surface area contributed by atoms with Crippen molar-refractivity contribution < 1.29 is 19.7 Å². The first-order chi connectivity index (χ1) is 16.0. The minimum absolute atomic E-state index is 0.229. The van der Waals surface area contributed by atoms with Gasteiger partial charge in [-0.1, -0.05) is 13.3 Å². The number of aromatic hydroxyl groups is 2. The summed E-state index contributed by atoms with van der Waals surface area (Å²) in [5, 5.41) is 24.3. The number of hydrogen-bond donors (Lipinski definition) is 3. The molecule has 3 aliphatic rings. The number of hydrogen-bond acceptors (Lipinski definition) is 6. The van der Waals surface area contributed by atoms with Gasteiger partial charge in [-0.15, -0.1) is 0 Å². The molecule has 3 N–H and O–H groups in total. The summed E-state index contributed by atoms with van der Waals surface area (Å²) in [5.74, 6) is 2.84. The zero-order chi connectivity index (χ0) is 23.1. The molecule has 0 aliphatic carbocycles. The van der Waals surface area contributed by atoms with Crippen molar-refractivity contribution in [1.29, 1.82) is 0 Å². The Hall–Kier alpha value is -2.44. The first-order valence-electron chi connectivity index (χ1n) is 12.3. The van der Waals surface area contributed by atoms with Crippen LogP contribution < -0.4 is 14.8 Å². The van der Waals surface area contributed by atoms with Gasteiger partial charge < -0.3 is 25.0 Å². The first-order valence-corrected chi connectivity index (χ1v) is 12.3. The standard InChI is InChI=1S/C27H36N2O4/c1-4-16-15-29-8-6-18-12-25(31)27(33-3)14-21(18)23(29)10-19(16)9-22-20-13-26(32-2)24(30)11-17(20)5-7-28-22/h11-14,16,19,22-23,28,30-31H,4-10,15H2,1-3H3/t16-,19?,22-,23?/m0/s1. The van der Waals surface area contributed by atoms with Crippen LogP contribution >= 0.6 is 0 Å². The maximum Gasteiger partial charge on any atom is 0.160 e. The third-order valence-corrected chi connectivity index (χ3v) is 8.23. The fourth-order valence-electron chi connectivity index (χ4n) is 6.45. The number of phenols is 2. The van der Waals surface area contributed by atoms with Crippen LogP contribution in [0, 0.1) is 11.8 Å². The number of phenolic OH excluding ortho intramolecular Hbond substituents is 2. The molecule has 0 bridgehead atoms. The molecule has 0 spiro atoms. The van der Waals surface area contributed by atoms with Crippen LogP contribution in [0.2, 0.25) is 0 Å². The SMILES string of the molecule is CC[C@H]1CN2CCc3cc(O)c(OC)cc3C2CC1C[C@@H]1NCCc2cc(O)c(OC)cc21. The van der Waals surface area contributed by atoms with E-state index in [0.717, 1.165) is 45.3 Å². The molecule has 3 heterocycles. The van der Waals surface area contributed by atoms with E-state index >= 15 is 0 Å². The van der Waals surface area contributed by atoms with Crippen molar-refractivity contribution in [2.75, 3.05) is 33.9 Å². The number of fused-ring (bicyclic) bond motifs is 4. The summed E-state index contributed by atoms with van der Waals surface area (Å²) < 4.78 is 10.9. The van der Waals surface area contributed by atoms with Gasteiger partial charge in [0.1, 0.15) is 0 Å². The highest BCUT2D eigenvalue weighted by molar-refractivity contribution is 5.50. The second-order valence-corrected chi connectivity index (χ2v) is 9.86. The van der Waals surface area contributed by atoms with E-state index in [1.54, 1.807) is 14.2 Å². The molecule has 0 amide bonds. The van der Waals surface area contributed by atoms with E-state index in [4.69, 9.17) is 9.47 Å². The molecule has 33 heavy (non-hydrogen) atoms. The lowest BCUT2D eigenvalue weighted by atomic mass is 9.72. The number of nitrogens with one attached hydrogen (secondary N) is 1. The second kappa shape index (κ2) is 9.07. The van der Waals surface area contributed by atoms with Gasteiger partial charge >= 0.3 is 0 Å². The number of ether oxygens (including phenoxy) is 2. The number of methoxy groups -OCH3 is 2. The normalized spacial score (nSPS) is 26.8. The monoisotopic (exact) mass is 452 g/mol. The molecule has 6 nitrogen and oxygen atoms in total. The van der Waals surface area contributed by atoms with Gasteiger partial charge in [-0.3, -0.25) is 4.90 Å². The Morgan fingerprint density at radius 2 is 1.61 bits per heavy atom. The average molecular weight is 453 g/mol. The van der Waals surface area contributed by atoms with Crippen molar-refractivity contribution in [2.24, 2.45) is 11.8 Å². The molecule has 2 aromatic rings. The topological polar surface area (TPSA) is 74.2 Å². The van der Waals surface area contributed by atoms with Crippen LogP contribution in [0.25, 0.3) is 0 Å². The zero-order valence-electron chi connectivity index (χ0n) is 19.9. The summed E-state index contributed by atoms with van der Waals surface area (Å²) in [6.45, 7) is 5.42. The Morgan fingerprint density at radius 3 is 2.27 bits per heavy atom. The van der Waals surface area contributed by atoms with Crippen molar-refractivity contribution in [3.8, 4) is 23.0 Å². The van der Waals surface area contributed by atoms with Crippen LogP contribution in [0.4, 0.5) is 0 Å². The predicted octanol–water partition coefficient (Wildman–Crippen LogP) is 4.34. The van der Waals surface area contributed by atoms with Crippen LogP contribution in [-0.4, -0.2) is 49.0 Å². The zero-order valence-corrected chi connectivity index (χ0v) is 19.9. The lowest BCUT2D eigenvalue weighted by Crippen LogP contribution is -2.46. The van der Waals surface area contributed by atoms with Gasteiger partial charge in [-0.05, 0) is 90.6 Å². The molecule has 4 atom stereocenters. The predicted molar refractivity (Wildman–Crippen MR) is 128 cm³/mol. The Balaban J connectivity index is 1.43. The quantitative estimate of drug-likeness (QED) is 0.627. The van der Waals surface area contributed by atoms with Crippen LogP contribution in [0.1, 0.15) is 60.5 Å². The highest BCUT2D eigenvalue weighted by atomic mass is 16.5. The molecule has 6 heteroatoms. The molecule has 5 rings (SSSR count). The number of piperidine rings is 1. The molecular formula is C27H36N2O4. The minimum Gasteiger partial charge on any atom is -0.504 e. The Labute approximate surface area is 196 Å². The van der Waals surface area contributed by atoms with Crippen LogP contribution in [0.5, 0.6) is 23.0 Å². The van der Waals surface area contributed by atoms with Crippen molar-refractivity contribution in [3.63, 3.8) is 0 Å². The van der Waals surface area contributed by atoms with Gasteiger partial charge in [-0.2, -0.15) is 0 Å². The van der Waals surface area contributed by atoms with Crippen molar-refractivity contribution in [3.05, 3.63) is 46.5 Å². The van der Waals surface area contributed by atoms with E-state index < -0.39 is 0 Å². The molecule has 0 aromatic heterocycles. The maximum absolute atomic E-state index is 10.3. The fraction of sp³-hybridized carbons (Fsp3) is 0.556. The maximum atomic E-state index is 10.3. The van der Waals surface area contributed by atoms with Crippen LogP contribution in [0.3, 0.4) is 0 Å². The van der Waals surface area contributed by atoms with E-state index in [-0.39, 0.29) is 17.5 Å². The first kappa shape index (κ1) is 22.4. The van der Waals surface area contributed by atoms with Crippen LogP contribution in [-0.2, 0) is 12.8 Å². The molecular weight excluding hydrogens is 416 g/mol. The van der Waals surface area contributed by atoms with Gasteiger partial charge in [0.05, 0.1) is 14.2 Å². The molecule has 1 saturated heterocycles. The van der Waals surface area contributed by atoms with E-state index in [9.17, 15) is 10.2 Å². The lowest BCUT2D eigenvalue weighted by Gasteiger charge is -2.48. The highest BCUT2D eigenvalue weighted by Gasteiger charge is 2.40. The third kappa shape index (κ3) is 4.04. The van der Waals surface area contributed by atoms with Gasteiger partial charge in [0.25, 0.3) is 0 Å². The van der Waals surface area contributed by atoms with E-state index in [0.29, 0.717) is 29.4 Å². The smallest absolute Gasteiger partial charge is 0.160 e. The summed E-state index contributed by atoms with van der Waals surface area (Å²) >= 11 is 0.